The van der Waals surface area contributed by atoms with Crippen LogP contribution in [0.4, 0.5) is 0 Å². The number of hydrogen-bond donors (Lipinski definition) is 0. The van der Waals surface area contributed by atoms with Gasteiger partial charge in [-0.1, -0.05) is 30.6 Å². The highest BCUT2D eigenvalue weighted by molar-refractivity contribution is 5.75. The number of nitrogens with zero attached hydrogens (tertiary/aromatic N) is 5. The Hall–Kier alpha value is -3.88. The molecule has 1 aromatic carbocycles. The standard InChI is InChI=1S/C23H23N5O4/c1-2-3-13-28-19-9-5-4-8-17(19)25-18(23(28)30)10-11-21(29)31-15-20-26-22(27-32-20)16-7-6-12-24-14-16/h4-9,12,14H,2-3,10-11,13,15H2,1H3. The minimum absolute atomic E-state index is 0.0258. The van der Waals surface area contributed by atoms with Crippen molar-refractivity contribution in [3.05, 3.63) is 70.7 Å². The minimum Gasteiger partial charge on any atom is -0.456 e. The number of aromatic nitrogens is 5. The SMILES string of the molecule is CCCCn1c(=O)c(CCC(=O)OCc2nc(-c3cccnc3)no2)nc2ccccc21. The molecular formula is C23H23N5O4. The van der Waals surface area contributed by atoms with Crippen LogP contribution in [0.15, 0.2) is 58.1 Å². The summed E-state index contributed by atoms with van der Waals surface area (Å²) in [6.07, 6.45) is 5.35. The van der Waals surface area contributed by atoms with Crippen LogP contribution in [0.1, 0.15) is 37.8 Å². The summed E-state index contributed by atoms with van der Waals surface area (Å²) in [6, 6.07) is 11.1. The molecule has 0 saturated heterocycles. The van der Waals surface area contributed by atoms with E-state index in [2.05, 4.69) is 27.0 Å². The van der Waals surface area contributed by atoms with Crippen molar-refractivity contribution < 1.29 is 14.1 Å². The van der Waals surface area contributed by atoms with E-state index in [1.165, 1.54) is 0 Å². The minimum atomic E-state index is -0.472. The van der Waals surface area contributed by atoms with Crippen LogP contribution in [0.25, 0.3) is 22.4 Å². The average Bonchev–Trinajstić information content (AvgIpc) is 3.31. The van der Waals surface area contributed by atoms with E-state index in [0.717, 1.165) is 23.9 Å². The third-order valence-corrected chi connectivity index (χ3v) is 4.97. The quantitative estimate of drug-likeness (QED) is 0.369. The Labute approximate surface area is 184 Å². The van der Waals surface area contributed by atoms with Crippen molar-refractivity contribution in [2.45, 2.75) is 45.8 Å². The lowest BCUT2D eigenvalue weighted by molar-refractivity contribution is -0.145. The molecule has 0 fully saturated rings. The van der Waals surface area contributed by atoms with Crippen molar-refractivity contribution in [3.8, 4) is 11.4 Å². The maximum absolute atomic E-state index is 12.9. The lowest BCUT2D eigenvalue weighted by Crippen LogP contribution is -2.26. The Bertz CT molecular complexity index is 1270. The molecule has 0 unspecified atom stereocenters. The van der Waals surface area contributed by atoms with E-state index in [1.807, 2.05) is 24.3 Å². The van der Waals surface area contributed by atoms with Crippen molar-refractivity contribution in [3.63, 3.8) is 0 Å². The molecular weight excluding hydrogens is 410 g/mol. The molecule has 164 valence electrons. The highest BCUT2D eigenvalue weighted by Crippen LogP contribution is 2.15. The number of carbonyl (C=O) groups excluding carboxylic acids is 1. The van der Waals surface area contributed by atoms with Crippen LogP contribution in [-0.4, -0.2) is 30.6 Å². The van der Waals surface area contributed by atoms with E-state index in [4.69, 9.17) is 9.26 Å². The van der Waals surface area contributed by atoms with Gasteiger partial charge in [-0.3, -0.25) is 14.6 Å². The largest absolute Gasteiger partial charge is 0.456 e. The Morgan fingerprint density at radius 2 is 2.03 bits per heavy atom. The van der Waals surface area contributed by atoms with Gasteiger partial charge in [-0.25, -0.2) is 4.98 Å². The third kappa shape index (κ3) is 4.88. The maximum Gasteiger partial charge on any atom is 0.306 e. The molecule has 4 aromatic rings. The second-order valence-electron chi connectivity index (χ2n) is 7.27. The number of ether oxygens (including phenoxy) is 1. The molecule has 0 N–H and O–H groups in total. The number of pyridine rings is 1. The Morgan fingerprint density at radius 3 is 2.84 bits per heavy atom. The van der Waals surface area contributed by atoms with Crippen LogP contribution in [0, 0.1) is 0 Å². The smallest absolute Gasteiger partial charge is 0.306 e. The zero-order valence-electron chi connectivity index (χ0n) is 17.7. The van der Waals surface area contributed by atoms with E-state index in [9.17, 15) is 9.59 Å². The number of aryl methyl sites for hydroxylation is 2. The molecule has 0 spiro atoms. The molecule has 0 radical (unpaired) electrons. The Kier molecular flexibility index (Phi) is 6.64. The highest BCUT2D eigenvalue weighted by atomic mass is 16.6. The molecule has 0 aliphatic heterocycles. The highest BCUT2D eigenvalue weighted by Gasteiger charge is 2.15. The van der Waals surface area contributed by atoms with E-state index in [0.29, 0.717) is 23.6 Å². The fourth-order valence-corrected chi connectivity index (χ4v) is 3.31. The van der Waals surface area contributed by atoms with E-state index in [-0.39, 0.29) is 30.9 Å². The molecule has 0 aliphatic rings. The molecule has 3 heterocycles. The predicted molar refractivity (Wildman–Crippen MR) is 117 cm³/mol. The predicted octanol–water partition coefficient (Wildman–Crippen LogP) is 3.32. The number of fused-ring (bicyclic) bond motifs is 1. The summed E-state index contributed by atoms with van der Waals surface area (Å²) in [5.41, 5.74) is 2.44. The van der Waals surface area contributed by atoms with Gasteiger partial charge >= 0.3 is 5.97 Å². The molecule has 0 bridgehead atoms. The van der Waals surface area contributed by atoms with Gasteiger partial charge in [0.2, 0.25) is 5.82 Å². The summed E-state index contributed by atoms with van der Waals surface area (Å²) in [6.45, 7) is 2.55. The number of unbranched alkanes of at least 4 members (excludes halogenated alkanes) is 1. The summed E-state index contributed by atoms with van der Waals surface area (Å²) < 4.78 is 12.1. The van der Waals surface area contributed by atoms with Gasteiger partial charge in [-0.2, -0.15) is 4.98 Å². The van der Waals surface area contributed by atoms with Gasteiger partial charge in [0, 0.05) is 30.9 Å². The second-order valence-corrected chi connectivity index (χ2v) is 7.27. The summed E-state index contributed by atoms with van der Waals surface area (Å²) in [5, 5.41) is 3.86. The Balaban J connectivity index is 1.39. The number of carbonyl (C=O) groups is 1. The fourth-order valence-electron chi connectivity index (χ4n) is 3.31. The van der Waals surface area contributed by atoms with Crippen LogP contribution in [-0.2, 0) is 29.1 Å². The molecule has 0 aliphatic carbocycles. The summed E-state index contributed by atoms with van der Waals surface area (Å²) in [4.78, 5) is 37.9. The fraction of sp³-hybridized carbons (Fsp3) is 0.304. The number of benzene rings is 1. The second kappa shape index (κ2) is 9.95. The first-order valence-corrected chi connectivity index (χ1v) is 10.5. The van der Waals surface area contributed by atoms with Gasteiger partial charge in [0.25, 0.3) is 11.4 Å². The molecule has 32 heavy (non-hydrogen) atoms. The van der Waals surface area contributed by atoms with Crippen molar-refractivity contribution >= 4 is 17.0 Å². The van der Waals surface area contributed by atoms with Crippen LogP contribution in [0.5, 0.6) is 0 Å². The lowest BCUT2D eigenvalue weighted by Gasteiger charge is -2.11. The number of esters is 1. The molecule has 9 nitrogen and oxygen atoms in total. The number of para-hydroxylation sites is 2. The van der Waals surface area contributed by atoms with Crippen LogP contribution >= 0.6 is 0 Å². The third-order valence-electron chi connectivity index (χ3n) is 4.97. The first-order valence-electron chi connectivity index (χ1n) is 10.5. The first-order chi connectivity index (χ1) is 15.7. The first kappa shape index (κ1) is 21.4. The van der Waals surface area contributed by atoms with E-state index >= 15 is 0 Å². The molecule has 0 saturated carbocycles. The van der Waals surface area contributed by atoms with Gasteiger partial charge in [0.1, 0.15) is 5.69 Å². The van der Waals surface area contributed by atoms with Gasteiger partial charge in [0.15, 0.2) is 6.61 Å². The molecule has 9 heteroatoms. The zero-order chi connectivity index (χ0) is 22.3. The van der Waals surface area contributed by atoms with Crippen molar-refractivity contribution in [1.29, 1.82) is 0 Å². The molecule has 4 rings (SSSR count). The van der Waals surface area contributed by atoms with Gasteiger partial charge in [-0.05, 0) is 30.7 Å². The molecule has 3 aromatic heterocycles. The summed E-state index contributed by atoms with van der Waals surface area (Å²) >= 11 is 0. The van der Waals surface area contributed by atoms with Crippen LogP contribution in [0.2, 0.25) is 0 Å². The monoisotopic (exact) mass is 433 g/mol. The van der Waals surface area contributed by atoms with Crippen LogP contribution in [0.3, 0.4) is 0 Å². The normalized spacial score (nSPS) is 11.0. The summed E-state index contributed by atoms with van der Waals surface area (Å²) in [7, 11) is 0. The van der Waals surface area contributed by atoms with Crippen LogP contribution < -0.4 is 5.56 Å². The van der Waals surface area contributed by atoms with Crippen molar-refractivity contribution in [2.75, 3.05) is 0 Å². The zero-order valence-corrected chi connectivity index (χ0v) is 17.7. The number of rotatable bonds is 9. The lowest BCUT2D eigenvalue weighted by atomic mass is 10.2. The average molecular weight is 433 g/mol. The summed E-state index contributed by atoms with van der Waals surface area (Å²) in [5.74, 6) is 0.0840. The van der Waals surface area contributed by atoms with Crippen molar-refractivity contribution in [2.24, 2.45) is 0 Å². The maximum atomic E-state index is 12.9. The molecule has 0 atom stereocenters. The topological polar surface area (TPSA) is 113 Å². The Morgan fingerprint density at radius 1 is 1.16 bits per heavy atom. The van der Waals surface area contributed by atoms with Gasteiger partial charge < -0.3 is 13.8 Å². The van der Waals surface area contributed by atoms with Gasteiger partial charge in [-0.15, -0.1) is 0 Å². The van der Waals surface area contributed by atoms with Crippen molar-refractivity contribution in [1.82, 2.24) is 24.7 Å². The van der Waals surface area contributed by atoms with E-state index in [1.54, 1.807) is 29.1 Å². The van der Waals surface area contributed by atoms with Gasteiger partial charge in [0.05, 0.1) is 17.5 Å². The molecule has 0 amide bonds. The number of hydrogen-bond acceptors (Lipinski definition) is 8. The van der Waals surface area contributed by atoms with E-state index < -0.39 is 5.97 Å².